The SMILES string of the molecule is [B]NC1CC(N)C(OC2OC(CO)[C@@H](O)N[C@H]2O)C(OC2OC(CO)C(O)C2O)C1O. The van der Waals surface area contributed by atoms with Crippen molar-refractivity contribution < 1.29 is 54.7 Å². The lowest BCUT2D eigenvalue weighted by Crippen LogP contribution is -2.67. The van der Waals surface area contributed by atoms with Crippen LogP contribution in [0.3, 0.4) is 0 Å². The van der Waals surface area contributed by atoms with Gasteiger partial charge in [-0.3, -0.25) is 5.32 Å². The summed E-state index contributed by atoms with van der Waals surface area (Å²) < 4.78 is 22.1. The largest absolute Gasteiger partial charge is 0.394 e. The average Bonchev–Trinajstić information content (AvgIpc) is 3.02. The summed E-state index contributed by atoms with van der Waals surface area (Å²) in [5, 5.41) is 74.1. The third-order valence-electron chi connectivity index (χ3n) is 5.76. The van der Waals surface area contributed by atoms with Crippen molar-refractivity contribution in [3.63, 3.8) is 0 Å². The highest BCUT2D eigenvalue weighted by atomic mass is 16.7. The number of aliphatic hydroxyl groups is 7. The van der Waals surface area contributed by atoms with Crippen LogP contribution in [0.1, 0.15) is 6.42 Å². The summed E-state index contributed by atoms with van der Waals surface area (Å²) in [6.07, 6.45) is -14.4. The van der Waals surface area contributed by atoms with Gasteiger partial charge in [0, 0.05) is 12.1 Å². The molecule has 1 saturated carbocycles. The van der Waals surface area contributed by atoms with Crippen LogP contribution in [-0.2, 0) is 18.9 Å². The van der Waals surface area contributed by atoms with Gasteiger partial charge < -0.3 is 65.7 Å². The number of rotatable bonds is 7. The Kier molecular flexibility index (Phi) is 8.61. The Morgan fingerprint density at radius 3 is 2.06 bits per heavy atom. The van der Waals surface area contributed by atoms with Gasteiger partial charge in [0.1, 0.15) is 42.9 Å². The van der Waals surface area contributed by atoms with Gasteiger partial charge in [0.2, 0.25) is 0 Å². The molecule has 1 aliphatic carbocycles. The maximum atomic E-state index is 10.7. The van der Waals surface area contributed by atoms with Crippen molar-refractivity contribution in [2.75, 3.05) is 13.2 Å². The maximum Gasteiger partial charge on any atom is 0.198 e. The van der Waals surface area contributed by atoms with Gasteiger partial charge in [-0.15, -0.1) is 0 Å². The molecule has 3 rings (SSSR count). The minimum absolute atomic E-state index is 0.139. The molecule has 0 aromatic heterocycles. The number of aliphatic hydroxyl groups excluding tert-OH is 7. The van der Waals surface area contributed by atoms with E-state index < -0.39 is 93.1 Å². The first-order valence-electron chi connectivity index (χ1n) is 9.93. The predicted molar refractivity (Wildman–Crippen MR) is 99.7 cm³/mol. The second-order valence-electron chi connectivity index (χ2n) is 7.85. The second kappa shape index (κ2) is 10.6. The van der Waals surface area contributed by atoms with E-state index >= 15 is 0 Å². The van der Waals surface area contributed by atoms with Crippen molar-refractivity contribution in [3.05, 3.63) is 0 Å². The van der Waals surface area contributed by atoms with E-state index in [4.69, 9.17) is 32.7 Å². The molecule has 2 saturated heterocycles. The fourth-order valence-electron chi connectivity index (χ4n) is 3.96. The Morgan fingerprint density at radius 1 is 0.871 bits per heavy atom. The molecule has 0 aromatic carbocycles. The average molecular weight is 451 g/mol. The molecule has 13 atom stereocenters. The molecule has 31 heavy (non-hydrogen) atoms. The van der Waals surface area contributed by atoms with Crippen molar-refractivity contribution in [3.8, 4) is 0 Å². The normalized spacial score (nSPS) is 51.2. The number of hydrogen-bond acceptors (Lipinski definition) is 14. The van der Waals surface area contributed by atoms with Gasteiger partial charge in [0.05, 0.1) is 19.3 Å². The van der Waals surface area contributed by atoms with E-state index in [1.54, 1.807) is 0 Å². The Labute approximate surface area is 179 Å². The smallest absolute Gasteiger partial charge is 0.198 e. The fraction of sp³-hybridized carbons (Fsp3) is 1.00. The lowest BCUT2D eigenvalue weighted by Gasteiger charge is -2.47. The van der Waals surface area contributed by atoms with Gasteiger partial charge in [0.15, 0.2) is 26.8 Å². The molecular weight excluding hydrogens is 421 g/mol. The summed E-state index contributed by atoms with van der Waals surface area (Å²) >= 11 is 0. The van der Waals surface area contributed by atoms with Crippen molar-refractivity contribution in [1.29, 1.82) is 0 Å². The lowest BCUT2D eigenvalue weighted by molar-refractivity contribution is -0.323. The molecule has 14 nitrogen and oxygen atoms in total. The number of nitrogens with two attached hydrogens (primary N) is 1. The molecule has 2 aliphatic heterocycles. The highest BCUT2D eigenvalue weighted by Gasteiger charge is 2.51. The van der Waals surface area contributed by atoms with Gasteiger partial charge >= 0.3 is 0 Å². The first-order valence-corrected chi connectivity index (χ1v) is 9.93. The molecule has 0 bridgehead atoms. The molecule has 11 unspecified atom stereocenters. The quantitative estimate of drug-likeness (QED) is 0.162. The van der Waals surface area contributed by atoms with Crippen molar-refractivity contribution in [2.45, 2.75) is 86.3 Å². The summed E-state index contributed by atoms with van der Waals surface area (Å²) in [5.74, 6) is 0. The molecule has 11 N–H and O–H groups in total. The zero-order valence-corrected chi connectivity index (χ0v) is 16.5. The van der Waals surface area contributed by atoms with Crippen molar-refractivity contribution in [2.24, 2.45) is 5.73 Å². The first-order chi connectivity index (χ1) is 14.7. The summed E-state index contributed by atoms with van der Waals surface area (Å²) in [6.45, 7) is -1.14. The van der Waals surface area contributed by atoms with Gasteiger partial charge in [-0.2, -0.15) is 0 Å². The van der Waals surface area contributed by atoms with E-state index in [-0.39, 0.29) is 6.42 Å². The zero-order chi connectivity index (χ0) is 22.9. The molecule has 3 fully saturated rings. The number of morpholine rings is 1. The van der Waals surface area contributed by atoms with E-state index in [0.29, 0.717) is 0 Å². The molecule has 3 aliphatic rings. The van der Waals surface area contributed by atoms with Crippen molar-refractivity contribution >= 4 is 7.98 Å². The first kappa shape index (κ1) is 25.1. The van der Waals surface area contributed by atoms with E-state index in [1.165, 1.54) is 0 Å². The molecule has 178 valence electrons. The minimum Gasteiger partial charge on any atom is -0.394 e. The number of ether oxygens (including phenoxy) is 4. The molecular formula is C16H30BN3O11. The molecule has 0 spiro atoms. The predicted octanol–water partition coefficient (Wildman–Crippen LogP) is -6.73. The van der Waals surface area contributed by atoms with Crippen LogP contribution in [0.4, 0.5) is 0 Å². The lowest BCUT2D eigenvalue weighted by atomic mass is 9.83. The third-order valence-corrected chi connectivity index (χ3v) is 5.76. The van der Waals surface area contributed by atoms with Crippen LogP contribution < -0.4 is 16.3 Å². The van der Waals surface area contributed by atoms with Crippen LogP contribution in [0.5, 0.6) is 0 Å². The van der Waals surface area contributed by atoms with Gasteiger partial charge in [0.25, 0.3) is 0 Å². The molecule has 2 radical (unpaired) electrons. The van der Waals surface area contributed by atoms with Crippen LogP contribution in [0.25, 0.3) is 0 Å². The number of hydrogen-bond donors (Lipinski definition) is 10. The molecule has 0 aromatic rings. The second-order valence-corrected chi connectivity index (χ2v) is 7.85. The Balaban J connectivity index is 1.77. The van der Waals surface area contributed by atoms with Gasteiger partial charge in [-0.25, -0.2) is 0 Å². The maximum absolute atomic E-state index is 10.7. The summed E-state index contributed by atoms with van der Waals surface area (Å²) in [6, 6.07) is -1.53. The minimum atomic E-state index is -1.53. The topological polar surface area (TPSA) is 229 Å². The Hall–Kier alpha value is -0.495. The van der Waals surface area contributed by atoms with Crippen LogP contribution in [0, 0.1) is 0 Å². The Morgan fingerprint density at radius 2 is 1.48 bits per heavy atom. The fourth-order valence-corrected chi connectivity index (χ4v) is 3.96. The summed E-state index contributed by atoms with van der Waals surface area (Å²) in [5.41, 5.74) is 6.18. The van der Waals surface area contributed by atoms with E-state index in [0.717, 1.165) is 0 Å². The molecule has 2 heterocycles. The van der Waals surface area contributed by atoms with Crippen LogP contribution in [-0.4, -0.2) is 137 Å². The van der Waals surface area contributed by atoms with Crippen LogP contribution in [0.2, 0.25) is 0 Å². The van der Waals surface area contributed by atoms with Crippen LogP contribution in [0.15, 0.2) is 0 Å². The third kappa shape index (κ3) is 5.20. The van der Waals surface area contributed by atoms with E-state index in [2.05, 4.69) is 10.5 Å². The van der Waals surface area contributed by atoms with E-state index in [1.807, 2.05) is 0 Å². The van der Waals surface area contributed by atoms with Gasteiger partial charge in [-0.1, -0.05) is 0 Å². The number of nitrogens with one attached hydrogen (secondary N) is 2. The Bertz CT molecular complexity index is 583. The zero-order valence-electron chi connectivity index (χ0n) is 16.5. The molecule has 15 heteroatoms. The van der Waals surface area contributed by atoms with Crippen LogP contribution >= 0.6 is 0 Å². The van der Waals surface area contributed by atoms with Crippen molar-refractivity contribution in [1.82, 2.24) is 10.5 Å². The summed E-state index contributed by atoms with van der Waals surface area (Å²) in [4.78, 5) is 0. The van der Waals surface area contributed by atoms with E-state index in [9.17, 15) is 35.7 Å². The standard InChI is InChI=1S/C16H30BN3O11/c17-20-5-1-4(18)11(30-16-14(27)19-13(26)7(3-22)29-16)12(8(5)23)31-15-10(25)9(24)6(2-21)28-15/h4-16,19-27H,1-3,18H2/t4?,5?,6?,7?,8?,9?,10?,11?,12?,13-,14+,15?,16?/m1/s1. The monoisotopic (exact) mass is 451 g/mol. The highest BCUT2D eigenvalue weighted by Crippen LogP contribution is 2.31. The van der Waals surface area contributed by atoms with Gasteiger partial charge in [-0.05, 0) is 6.42 Å². The summed E-state index contributed by atoms with van der Waals surface area (Å²) in [7, 11) is 5.48. The highest BCUT2D eigenvalue weighted by molar-refractivity contribution is 6.04. The molecule has 0 amide bonds.